The van der Waals surface area contributed by atoms with Crippen LogP contribution in [0.3, 0.4) is 0 Å². The molecule has 0 radical (unpaired) electrons. The molecule has 0 aliphatic carbocycles. The monoisotopic (exact) mass is 399 g/mol. The number of halogens is 1. The Kier molecular flexibility index (Phi) is 3.61. The molecule has 5 aromatic rings. The Morgan fingerprint density at radius 1 is 0.692 bits per heavy atom. The maximum absolute atomic E-state index is 6.12. The molecular weight excluding hydrogens is 386 g/mol. The van der Waals surface area contributed by atoms with Crippen LogP contribution in [0, 0.1) is 0 Å². The summed E-state index contributed by atoms with van der Waals surface area (Å²) in [4.78, 5) is 4.71. The van der Waals surface area contributed by atoms with Gasteiger partial charge in [-0.05, 0) is 29.8 Å². The summed E-state index contributed by atoms with van der Waals surface area (Å²) >= 11 is 3.61. The average molecular weight is 400 g/mol. The molecular formula is C23H14BrNO. The van der Waals surface area contributed by atoms with E-state index in [1.165, 1.54) is 0 Å². The van der Waals surface area contributed by atoms with E-state index in [-0.39, 0.29) is 0 Å². The number of hydrogen-bond acceptors (Lipinski definition) is 2. The molecule has 0 saturated heterocycles. The summed E-state index contributed by atoms with van der Waals surface area (Å²) in [5, 5.41) is 2.25. The molecule has 0 unspecified atom stereocenters. The molecule has 26 heavy (non-hydrogen) atoms. The lowest BCUT2D eigenvalue weighted by molar-refractivity contribution is 0.670. The first-order valence-corrected chi connectivity index (χ1v) is 9.22. The van der Waals surface area contributed by atoms with Crippen LogP contribution < -0.4 is 0 Å². The quantitative estimate of drug-likeness (QED) is 0.317. The van der Waals surface area contributed by atoms with Crippen LogP contribution in [0.15, 0.2) is 93.9 Å². The van der Waals surface area contributed by atoms with Crippen LogP contribution in [0.2, 0.25) is 0 Å². The summed E-state index contributed by atoms with van der Waals surface area (Å²) in [6.45, 7) is 0. The zero-order valence-electron chi connectivity index (χ0n) is 13.8. The van der Waals surface area contributed by atoms with Gasteiger partial charge in [-0.15, -0.1) is 0 Å². The summed E-state index contributed by atoms with van der Waals surface area (Å²) in [6, 6.07) is 26.7. The van der Waals surface area contributed by atoms with Gasteiger partial charge in [0.25, 0.3) is 0 Å². The van der Waals surface area contributed by atoms with Gasteiger partial charge in [-0.2, -0.15) is 0 Å². The highest BCUT2D eigenvalue weighted by Crippen LogP contribution is 2.35. The highest BCUT2D eigenvalue weighted by atomic mass is 79.9. The van der Waals surface area contributed by atoms with Gasteiger partial charge in [0.1, 0.15) is 11.2 Å². The molecule has 2 nitrogen and oxygen atoms in total. The van der Waals surface area contributed by atoms with Crippen molar-refractivity contribution in [3.8, 4) is 22.4 Å². The standard InChI is InChI=1S/C23H14BrNO/c24-20-10-3-1-6-16(20)15-12-13-21(25-14-15)19-9-5-8-18-17-7-2-4-11-22(17)26-23(18)19/h1-14H. The minimum atomic E-state index is 0.884. The molecule has 0 fully saturated rings. The number of hydrogen-bond donors (Lipinski definition) is 0. The first-order chi connectivity index (χ1) is 12.8. The largest absolute Gasteiger partial charge is 0.455 e. The van der Waals surface area contributed by atoms with E-state index in [0.717, 1.165) is 48.8 Å². The van der Waals surface area contributed by atoms with Crippen LogP contribution >= 0.6 is 15.9 Å². The lowest BCUT2D eigenvalue weighted by Crippen LogP contribution is -1.86. The topological polar surface area (TPSA) is 26.0 Å². The van der Waals surface area contributed by atoms with E-state index in [4.69, 9.17) is 9.40 Å². The predicted molar refractivity (Wildman–Crippen MR) is 110 cm³/mol. The second kappa shape index (κ2) is 6.11. The molecule has 2 aromatic heterocycles. The summed E-state index contributed by atoms with van der Waals surface area (Å²) in [5.41, 5.74) is 5.92. The van der Waals surface area contributed by atoms with Crippen molar-refractivity contribution in [2.24, 2.45) is 0 Å². The Morgan fingerprint density at radius 3 is 2.31 bits per heavy atom. The number of aromatic nitrogens is 1. The molecule has 5 rings (SSSR count). The second-order valence-corrected chi connectivity index (χ2v) is 7.05. The van der Waals surface area contributed by atoms with Crippen molar-refractivity contribution in [3.05, 3.63) is 89.5 Å². The Labute approximate surface area is 159 Å². The van der Waals surface area contributed by atoms with Crippen molar-refractivity contribution in [1.29, 1.82) is 0 Å². The van der Waals surface area contributed by atoms with E-state index in [9.17, 15) is 0 Å². The fourth-order valence-corrected chi connectivity index (χ4v) is 3.87. The summed E-state index contributed by atoms with van der Waals surface area (Å²) in [5.74, 6) is 0. The third kappa shape index (κ3) is 2.44. The van der Waals surface area contributed by atoms with E-state index < -0.39 is 0 Å². The Balaban J connectivity index is 1.65. The van der Waals surface area contributed by atoms with E-state index in [2.05, 4.69) is 58.4 Å². The Morgan fingerprint density at radius 2 is 1.46 bits per heavy atom. The third-order valence-corrected chi connectivity index (χ3v) is 5.32. The van der Waals surface area contributed by atoms with E-state index in [1.54, 1.807) is 0 Å². The third-order valence-electron chi connectivity index (χ3n) is 4.63. The molecule has 0 atom stereocenters. The van der Waals surface area contributed by atoms with Crippen LogP contribution in [-0.4, -0.2) is 4.98 Å². The summed E-state index contributed by atoms with van der Waals surface area (Å²) in [7, 11) is 0. The first kappa shape index (κ1) is 15.4. The molecule has 0 N–H and O–H groups in total. The molecule has 0 bridgehead atoms. The lowest BCUT2D eigenvalue weighted by atomic mass is 10.0. The van der Waals surface area contributed by atoms with Crippen molar-refractivity contribution in [2.75, 3.05) is 0 Å². The van der Waals surface area contributed by atoms with Crippen LogP contribution in [0.5, 0.6) is 0 Å². The SMILES string of the molecule is Brc1ccccc1-c1ccc(-c2cccc3c2oc2ccccc23)nc1. The number of benzene rings is 3. The number of nitrogens with zero attached hydrogens (tertiary/aromatic N) is 1. The minimum absolute atomic E-state index is 0.884. The van der Waals surface area contributed by atoms with Crippen LogP contribution in [0.25, 0.3) is 44.3 Å². The summed E-state index contributed by atoms with van der Waals surface area (Å²) in [6.07, 6.45) is 1.91. The molecule has 3 heteroatoms. The van der Waals surface area contributed by atoms with Gasteiger partial charge in [-0.3, -0.25) is 4.98 Å². The summed E-state index contributed by atoms with van der Waals surface area (Å²) < 4.78 is 7.19. The van der Waals surface area contributed by atoms with Crippen molar-refractivity contribution >= 4 is 37.9 Å². The fourth-order valence-electron chi connectivity index (χ4n) is 3.36. The number of rotatable bonds is 2. The molecule has 3 aromatic carbocycles. The second-order valence-electron chi connectivity index (χ2n) is 6.19. The van der Waals surface area contributed by atoms with Crippen molar-refractivity contribution < 1.29 is 4.42 Å². The van der Waals surface area contributed by atoms with Gasteiger partial charge in [-0.25, -0.2) is 0 Å². The molecule has 0 aliphatic rings. The average Bonchev–Trinajstić information content (AvgIpc) is 3.07. The minimum Gasteiger partial charge on any atom is -0.455 e. The van der Waals surface area contributed by atoms with Crippen LogP contribution in [-0.2, 0) is 0 Å². The molecule has 0 saturated carbocycles. The van der Waals surface area contributed by atoms with Crippen LogP contribution in [0.4, 0.5) is 0 Å². The first-order valence-electron chi connectivity index (χ1n) is 8.43. The molecule has 0 spiro atoms. The Hall–Kier alpha value is -2.91. The van der Waals surface area contributed by atoms with E-state index in [1.807, 2.05) is 42.6 Å². The van der Waals surface area contributed by atoms with Gasteiger partial charge in [0.2, 0.25) is 0 Å². The number of para-hydroxylation sites is 2. The van der Waals surface area contributed by atoms with Gasteiger partial charge in [-0.1, -0.05) is 70.5 Å². The maximum atomic E-state index is 6.12. The highest BCUT2D eigenvalue weighted by molar-refractivity contribution is 9.10. The number of fused-ring (bicyclic) bond motifs is 3. The van der Waals surface area contributed by atoms with Gasteiger partial charge >= 0.3 is 0 Å². The molecule has 2 heterocycles. The van der Waals surface area contributed by atoms with Gasteiger partial charge in [0.05, 0.1) is 5.69 Å². The fraction of sp³-hybridized carbons (Fsp3) is 0. The normalized spacial score (nSPS) is 11.3. The molecule has 0 aliphatic heterocycles. The maximum Gasteiger partial charge on any atom is 0.144 e. The van der Waals surface area contributed by atoms with Crippen molar-refractivity contribution in [2.45, 2.75) is 0 Å². The van der Waals surface area contributed by atoms with E-state index >= 15 is 0 Å². The van der Waals surface area contributed by atoms with Gasteiger partial charge in [0, 0.05) is 32.6 Å². The molecule has 124 valence electrons. The highest BCUT2D eigenvalue weighted by Gasteiger charge is 2.12. The van der Waals surface area contributed by atoms with Crippen LogP contribution in [0.1, 0.15) is 0 Å². The van der Waals surface area contributed by atoms with Crippen molar-refractivity contribution in [3.63, 3.8) is 0 Å². The number of furan rings is 1. The number of pyridine rings is 1. The zero-order valence-corrected chi connectivity index (χ0v) is 15.4. The molecule has 0 amide bonds. The predicted octanol–water partition coefficient (Wildman–Crippen LogP) is 7.08. The lowest BCUT2D eigenvalue weighted by Gasteiger charge is -2.06. The zero-order chi connectivity index (χ0) is 17.5. The van der Waals surface area contributed by atoms with E-state index in [0.29, 0.717) is 0 Å². The van der Waals surface area contributed by atoms with Gasteiger partial charge < -0.3 is 4.42 Å². The Bertz CT molecular complexity index is 1240. The smallest absolute Gasteiger partial charge is 0.144 e. The van der Waals surface area contributed by atoms with Crippen molar-refractivity contribution in [1.82, 2.24) is 4.98 Å². The van der Waals surface area contributed by atoms with Gasteiger partial charge in [0.15, 0.2) is 0 Å².